The molecule has 0 saturated heterocycles. The highest BCUT2D eigenvalue weighted by Crippen LogP contribution is 2.45. The zero-order valence-corrected chi connectivity index (χ0v) is 12.0. The van der Waals surface area contributed by atoms with Crippen LogP contribution in [0.5, 0.6) is 0 Å². The molecule has 0 radical (unpaired) electrons. The van der Waals surface area contributed by atoms with Crippen molar-refractivity contribution in [3.8, 4) is 6.07 Å². The van der Waals surface area contributed by atoms with Crippen LogP contribution in [-0.4, -0.2) is 11.0 Å². The molecule has 1 heterocycles. The molecule has 106 valence electrons. The molecule has 0 amide bonds. The molecule has 1 aliphatic rings. The zero-order valence-electron chi connectivity index (χ0n) is 12.0. The molecule has 3 nitrogen and oxygen atoms in total. The van der Waals surface area contributed by atoms with Crippen LogP contribution in [0.3, 0.4) is 0 Å². The van der Waals surface area contributed by atoms with Crippen LogP contribution in [-0.2, 0) is 0 Å². The molecule has 2 atom stereocenters. The maximum Gasteiger partial charge on any atom is 0.103 e. The Kier molecular flexibility index (Phi) is 3.01. The van der Waals surface area contributed by atoms with Gasteiger partial charge in [0.1, 0.15) is 6.07 Å². The van der Waals surface area contributed by atoms with E-state index in [0.717, 1.165) is 12.1 Å². The summed E-state index contributed by atoms with van der Waals surface area (Å²) in [7, 11) is 0. The smallest absolute Gasteiger partial charge is 0.103 e. The van der Waals surface area contributed by atoms with Gasteiger partial charge in [0.2, 0.25) is 0 Å². The summed E-state index contributed by atoms with van der Waals surface area (Å²) in [4.78, 5) is 4.00. The highest BCUT2D eigenvalue weighted by atomic mass is 15.0. The molecule has 1 saturated carbocycles. The molecule has 3 aromatic rings. The lowest BCUT2D eigenvalue weighted by Crippen LogP contribution is -2.06. The van der Waals surface area contributed by atoms with Gasteiger partial charge in [0, 0.05) is 24.4 Å². The number of nitriles is 1. The van der Waals surface area contributed by atoms with E-state index in [0.29, 0.717) is 17.5 Å². The van der Waals surface area contributed by atoms with E-state index in [-0.39, 0.29) is 0 Å². The van der Waals surface area contributed by atoms with Crippen LogP contribution in [0.1, 0.15) is 23.5 Å². The summed E-state index contributed by atoms with van der Waals surface area (Å²) in [5, 5.41) is 15.2. The second-order valence-electron chi connectivity index (χ2n) is 5.69. The van der Waals surface area contributed by atoms with E-state index in [4.69, 9.17) is 5.26 Å². The summed E-state index contributed by atoms with van der Waals surface area (Å²) in [5.41, 5.74) is 2.87. The number of hydrogen-bond donors (Lipinski definition) is 1. The van der Waals surface area contributed by atoms with Crippen molar-refractivity contribution < 1.29 is 0 Å². The van der Waals surface area contributed by atoms with Gasteiger partial charge >= 0.3 is 0 Å². The van der Waals surface area contributed by atoms with Crippen molar-refractivity contribution in [2.75, 3.05) is 5.32 Å². The number of nitrogens with one attached hydrogen (secondary N) is 1. The van der Waals surface area contributed by atoms with E-state index >= 15 is 0 Å². The van der Waals surface area contributed by atoms with Crippen molar-refractivity contribution >= 4 is 16.5 Å². The summed E-state index contributed by atoms with van der Waals surface area (Å²) in [6, 6.07) is 19.4. The van der Waals surface area contributed by atoms with Crippen LogP contribution in [0.15, 0.2) is 60.9 Å². The van der Waals surface area contributed by atoms with Crippen molar-refractivity contribution in [1.29, 1.82) is 5.26 Å². The van der Waals surface area contributed by atoms with Gasteiger partial charge < -0.3 is 5.32 Å². The first kappa shape index (κ1) is 12.8. The van der Waals surface area contributed by atoms with Gasteiger partial charge in [0.05, 0.1) is 11.3 Å². The van der Waals surface area contributed by atoms with Crippen molar-refractivity contribution in [2.45, 2.75) is 18.4 Å². The lowest BCUT2D eigenvalue weighted by atomic mass is 10.0. The van der Waals surface area contributed by atoms with Crippen molar-refractivity contribution in [3.63, 3.8) is 0 Å². The Balaban J connectivity index is 1.61. The Hall–Kier alpha value is -2.86. The topological polar surface area (TPSA) is 48.7 Å². The van der Waals surface area contributed by atoms with Crippen LogP contribution < -0.4 is 5.32 Å². The maximum atomic E-state index is 9.15. The molecule has 3 heteroatoms. The van der Waals surface area contributed by atoms with Gasteiger partial charge in [0.15, 0.2) is 0 Å². The molecule has 0 unspecified atom stereocenters. The minimum atomic E-state index is 0.389. The highest BCUT2D eigenvalue weighted by molar-refractivity contribution is 5.86. The lowest BCUT2D eigenvalue weighted by Gasteiger charge is -2.09. The molecular formula is C19H15N3. The van der Waals surface area contributed by atoms with E-state index < -0.39 is 0 Å². The van der Waals surface area contributed by atoms with Crippen molar-refractivity contribution in [2.24, 2.45) is 0 Å². The number of benzene rings is 2. The van der Waals surface area contributed by atoms with Crippen LogP contribution in [0, 0.1) is 11.3 Å². The van der Waals surface area contributed by atoms with Gasteiger partial charge in [-0.2, -0.15) is 5.26 Å². The average Bonchev–Trinajstić information content (AvgIpc) is 3.34. The third-order valence-electron chi connectivity index (χ3n) is 4.30. The van der Waals surface area contributed by atoms with Gasteiger partial charge in [0.25, 0.3) is 0 Å². The van der Waals surface area contributed by atoms with Crippen LogP contribution in [0.2, 0.25) is 0 Å². The number of rotatable bonds is 3. The van der Waals surface area contributed by atoms with Crippen LogP contribution in [0.4, 0.5) is 5.69 Å². The fourth-order valence-electron chi connectivity index (χ4n) is 3.08. The molecule has 1 fully saturated rings. The molecular weight excluding hydrogens is 270 g/mol. The van der Waals surface area contributed by atoms with Gasteiger partial charge in [-0.3, -0.25) is 4.98 Å². The summed E-state index contributed by atoms with van der Waals surface area (Å²) >= 11 is 0. The van der Waals surface area contributed by atoms with Gasteiger partial charge in [-0.15, -0.1) is 0 Å². The Labute approximate surface area is 129 Å². The number of anilines is 1. The van der Waals surface area contributed by atoms with Crippen LogP contribution in [0.25, 0.3) is 10.8 Å². The number of fused-ring (bicyclic) bond motifs is 1. The summed E-state index contributed by atoms with van der Waals surface area (Å²) in [6.07, 6.45) is 4.43. The van der Waals surface area contributed by atoms with E-state index in [1.165, 1.54) is 16.3 Å². The minimum absolute atomic E-state index is 0.389. The minimum Gasteiger partial charge on any atom is -0.381 e. The molecule has 0 bridgehead atoms. The maximum absolute atomic E-state index is 9.15. The summed E-state index contributed by atoms with van der Waals surface area (Å²) < 4.78 is 0. The number of hydrogen-bond acceptors (Lipinski definition) is 3. The first-order chi connectivity index (χ1) is 10.9. The Morgan fingerprint density at radius 3 is 2.86 bits per heavy atom. The van der Waals surface area contributed by atoms with Crippen molar-refractivity contribution in [1.82, 2.24) is 4.98 Å². The molecule has 0 spiro atoms. The second-order valence-corrected chi connectivity index (χ2v) is 5.69. The van der Waals surface area contributed by atoms with E-state index in [2.05, 4.69) is 58.8 Å². The molecule has 2 aromatic carbocycles. The summed E-state index contributed by atoms with van der Waals surface area (Å²) in [5.74, 6) is 0.505. The lowest BCUT2D eigenvalue weighted by molar-refractivity contribution is 1.05. The fraction of sp³-hybridized carbons (Fsp3) is 0.158. The zero-order chi connectivity index (χ0) is 14.9. The normalized spacial score (nSPS) is 19.6. The predicted molar refractivity (Wildman–Crippen MR) is 87.7 cm³/mol. The number of pyridine rings is 1. The third-order valence-corrected chi connectivity index (χ3v) is 4.30. The average molecular weight is 285 g/mol. The van der Waals surface area contributed by atoms with Gasteiger partial charge in [-0.05, 0) is 28.8 Å². The Morgan fingerprint density at radius 2 is 1.95 bits per heavy atom. The SMILES string of the molecule is N#Cc1cnccc1N[C@@H]1C[C@H]1c1cccc2ccccc12. The van der Waals surface area contributed by atoms with E-state index in [9.17, 15) is 0 Å². The predicted octanol–water partition coefficient (Wildman–Crippen LogP) is 4.07. The van der Waals surface area contributed by atoms with Crippen LogP contribution >= 0.6 is 0 Å². The van der Waals surface area contributed by atoms with Gasteiger partial charge in [-0.25, -0.2) is 0 Å². The largest absolute Gasteiger partial charge is 0.381 e. The third kappa shape index (κ3) is 2.19. The molecule has 4 rings (SSSR count). The standard InChI is InChI=1S/C19H15N3/c20-11-14-12-21-9-8-18(14)22-19-10-17(19)16-7-3-5-13-4-1-2-6-15(13)16/h1-9,12,17,19H,10H2,(H,21,22)/t17-,19+/m0/s1. The Morgan fingerprint density at radius 1 is 1.09 bits per heavy atom. The first-order valence-corrected chi connectivity index (χ1v) is 7.45. The number of aromatic nitrogens is 1. The fourth-order valence-corrected chi connectivity index (χ4v) is 3.08. The molecule has 0 aliphatic heterocycles. The Bertz CT molecular complexity index is 874. The summed E-state index contributed by atoms with van der Waals surface area (Å²) in [6.45, 7) is 0. The number of nitrogens with zero attached hydrogens (tertiary/aromatic N) is 2. The van der Waals surface area contributed by atoms with E-state index in [1.54, 1.807) is 12.4 Å². The van der Waals surface area contributed by atoms with Crippen molar-refractivity contribution in [3.05, 3.63) is 72.1 Å². The second kappa shape index (κ2) is 5.16. The van der Waals surface area contributed by atoms with E-state index in [1.807, 2.05) is 6.07 Å². The molecule has 1 aromatic heterocycles. The molecule has 1 aliphatic carbocycles. The molecule has 22 heavy (non-hydrogen) atoms. The quantitative estimate of drug-likeness (QED) is 0.789. The highest BCUT2D eigenvalue weighted by Gasteiger charge is 2.39. The van der Waals surface area contributed by atoms with Gasteiger partial charge in [-0.1, -0.05) is 42.5 Å². The first-order valence-electron chi connectivity index (χ1n) is 7.45. The monoisotopic (exact) mass is 285 g/mol. The molecule has 1 N–H and O–H groups in total.